The molecule has 2 aromatic rings. The Labute approximate surface area is 118 Å². The van der Waals surface area contributed by atoms with Crippen LogP contribution in [0.25, 0.3) is 0 Å². The number of carbonyl (C=O) groups is 1. The van der Waals surface area contributed by atoms with E-state index in [0.717, 1.165) is 29.9 Å². The number of benzene rings is 1. The third kappa shape index (κ3) is 2.19. The first kappa shape index (κ1) is 12.8. The van der Waals surface area contributed by atoms with Crippen LogP contribution in [-0.4, -0.2) is 32.1 Å². The van der Waals surface area contributed by atoms with Crippen molar-refractivity contribution >= 4 is 5.91 Å². The third-order valence-electron chi connectivity index (χ3n) is 3.65. The summed E-state index contributed by atoms with van der Waals surface area (Å²) >= 11 is 0. The fourth-order valence-electron chi connectivity index (χ4n) is 2.61. The zero-order valence-corrected chi connectivity index (χ0v) is 11.8. The summed E-state index contributed by atoms with van der Waals surface area (Å²) in [6.07, 6.45) is 2.45. The zero-order chi connectivity index (χ0) is 14.1. The van der Waals surface area contributed by atoms with Gasteiger partial charge in [0.2, 0.25) is 0 Å². The van der Waals surface area contributed by atoms with Crippen LogP contribution in [0.4, 0.5) is 0 Å². The lowest BCUT2D eigenvalue weighted by Crippen LogP contribution is -2.37. The standard InChI is InChI=1S/C15H18N4O/c1-11(2)19-14(16-10-17-19)9-18-8-7-12-5-3-4-6-13(12)15(18)20/h3-6,10-11H,7-9H2,1-2H3. The van der Waals surface area contributed by atoms with E-state index in [1.165, 1.54) is 0 Å². The van der Waals surface area contributed by atoms with Crippen molar-refractivity contribution in [3.8, 4) is 0 Å². The summed E-state index contributed by atoms with van der Waals surface area (Å²) in [5, 5.41) is 4.22. The number of hydrogen-bond donors (Lipinski definition) is 0. The fourth-order valence-corrected chi connectivity index (χ4v) is 2.61. The van der Waals surface area contributed by atoms with Crippen LogP contribution < -0.4 is 0 Å². The highest BCUT2D eigenvalue weighted by molar-refractivity contribution is 5.96. The van der Waals surface area contributed by atoms with Gasteiger partial charge in [-0.3, -0.25) is 4.79 Å². The van der Waals surface area contributed by atoms with E-state index in [1.807, 2.05) is 33.8 Å². The van der Waals surface area contributed by atoms with Gasteiger partial charge >= 0.3 is 0 Å². The molecule has 1 aliphatic heterocycles. The second-order valence-corrected chi connectivity index (χ2v) is 5.35. The topological polar surface area (TPSA) is 51.0 Å². The Morgan fingerprint density at radius 2 is 2.10 bits per heavy atom. The van der Waals surface area contributed by atoms with Gasteiger partial charge in [-0.05, 0) is 31.9 Å². The average Bonchev–Trinajstić information content (AvgIpc) is 2.91. The highest BCUT2D eigenvalue weighted by Gasteiger charge is 2.25. The molecule has 1 aromatic carbocycles. The maximum atomic E-state index is 12.5. The molecular formula is C15H18N4O. The quantitative estimate of drug-likeness (QED) is 0.857. The predicted molar refractivity (Wildman–Crippen MR) is 75.3 cm³/mol. The first-order valence-corrected chi connectivity index (χ1v) is 6.92. The van der Waals surface area contributed by atoms with Gasteiger partial charge in [-0.2, -0.15) is 5.10 Å². The second-order valence-electron chi connectivity index (χ2n) is 5.35. The molecule has 20 heavy (non-hydrogen) atoms. The summed E-state index contributed by atoms with van der Waals surface area (Å²) in [6, 6.07) is 8.08. The Morgan fingerprint density at radius 1 is 1.30 bits per heavy atom. The van der Waals surface area contributed by atoms with Gasteiger partial charge in [-0.15, -0.1) is 0 Å². The lowest BCUT2D eigenvalue weighted by Gasteiger charge is -2.28. The molecule has 5 nitrogen and oxygen atoms in total. The lowest BCUT2D eigenvalue weighted by atomic mass is 9.99. The molecule has 2 heterocycles. The Morgan fingerprint density at radius 3 is 2.90 bits per heavy atom. The zero-order valence-electron chi connectivity index (χ0n) is 11.8. The summed E-state index contributed by atoms with van der Waals surface area (Å²) in [5.41, 5.74) is 1.95. The van der Waals surface area contributed by atoms with Crippen LogP contribution in [0, 0.1) is 0 Å². The second kappa shape index (κ2) is 5.07. The summed E-state index contributed by atoms with van der Waals surface area (Å²) in [5.74, 6) is 0.929. The molecule has 0 unspecified atom stereocenters. The Bertz CT molecular complexity index is 632. The number of aromatic nitrogens is 3. The van der Waals surface area contributed by atoms with Crippen LogP contribution in [0.3, 0.4) is 0 Å². The van der Waals surface area contributed by atoms with Gasteiger partial charge in [0, 0.05) is 18.2 Å². The maximum Gasteiger partial charge on any atom is 0.254 e. The van der Waals surface area contributed by atoms with Crippen molar-refractivity contribution < 1.29 is 4.79 Å². The molecule has 1 aliphatic rings. The molecule has 0 spiro atoms. The predicted octanol–water partition coefficient (Wildman–Crippen LogP) is 2.06. The van der Waals surface area contributed by atoms with Crippen LogP contribution in [0.2, 0.25) is 0 Å². The molecular weight excluding hydrogens is 252 g/mol. The first-order chi connectivity index (χ1) is 9.66. The SMILES string of the molecule is CC(C)n1ncnc1CN1CCc2ccccc2C1=O. The Kier molecular flexibility index (Phi) is 3.26. The molecule has 0 aliphatic carbocycles. The third-order valence-corrected chi connectivity index (χ3v) is 3.65. The van der Waals surface area contributed by atoms with Crippen molar-refractivity contribution in [1.82, 2.24) is 19.7 Å². The molecule has 0 bridgehead atoms. The molecule has 1 amide bonds. The maximum absolute atomic E-state index is 12.5. The number of fused-ring (bicyclic) bond motifs is 1. The van der Waals surface area contributed by atoms with Crippen LogP contribution in [-0.2, 0) is 13.0 Å². The van der Waals surface area contributed by atoms with E-state index in [2.05, 4.69) is 23.9 Å². The van der Waals surface area contributed by atoms with Crippen molar-refractivity contribution in [3.63, 3.8) is 0 Å². The van der Waals surface area contributed by atoms with E-state index in [4.69, 9.17) is 0 Å². The largest absolute Gasteiger partial charge is 0.331 e. The molecule has 3 rings (SSSR count). The van der Waals surface area contributed by atoms with Crippen molar-refractivity contribution in [3.05, 3.63) is 47.5 Å². The highest BCUT2D eigenvalue weighted by Crippen LogP contribution is 2.20. The monoisotopic (exact) mass is 270 g/mol. The van der Waals surface area contributed by atoms with Gasteiger partial charge in [0.15, 0.2) is 0 Å². The molecule has 1 aromatic heterocycles. The normalized spacial score (nSPS) is 14.8. The minimum atomic E-state index is 0.0881. The minimum Gasteiger partial charge on any atom is -0.331 e. The molecule has 0 N–H and O–H groups in total. The summed E-state index contributed by atoms with van der Waals surface area (Å²) in [6.45, 7) is 5.38. The van der Waals surface area contributed by atoms with E-state index in [9.17, 15) is 4.79 Å². The molecule has 5 heteroatoms. The molecule has 104 valence electrons. The van der Waals surface area contributed by atoms with Crippen LogP contribution in [0.5, 0.6) is 0 Å². The summed E-state index contributed by atoms with van der Waals surface area (Å²) in [4.78, 5) is 18.6. The number of amides is 1. The summed E-state index contributed by atoms with van der Waals surface area (Å²) in [7, 11) is 0. The van der Waals surface area contributed by atoms with Gasteiger partial charge in [0.25, 0.3) is 5.91 Å². The minimum absolute atomic E-state index is 0.0881. The van der Waals surface area contributed by atoms with Crippen LogP contribution >= 0.6 is 0 Å². The lowest BCUT2D eigenvalue weighted by molar-refractivity contribution is 0.0719. The van der Waals surface area contributed by atoms with E-state index in [0.29, 0.717) is 6.54 Å². The van der Waals surface area contributed by atoms with Crippen molar-refractivity contribution in [2.75, 3.05) is 6.54 Å². The first-order valence-electron chi connectivity index (χ1n) is 6.92. The van der Waals surface area contributed by atoms with E-state index >= 15 is 0 Å². The van der Waals surface area contributed by atoms with E-state index < -0.39 is 0 Å². The molecule has 0 saturated heterocycles. The summed E-state index contributed by atoms with van der Waals surface area (Å²) < 4.78 is 1.87. The Hall–Kier alpha value is -2.17. The van der Waals surface area contributed by atoms with Crippen molar-refractivity contribution in [2.24, 2.45) is 0 Å². The van der Waals surface area contributed by atoms with Crippen LogP contribution in [0.1, 0.15) is 41.6 Å². The van der Waals surface area contributed by atoms with E-state index in [-0.39, 0.29) is 11.9 Å². The van der Waals surface area contributed by atoms with Gasteiger partial charge in [-0.1, -0.05) is 18.2 Å². The van der Waals surface area contributed by atoms with Gasteiger partial charge in [-0.25, -0.2) is 9.67 Å². The van der Waals surface area contributed by atoms with Gasteiger partial charge in [0.05, 0.1) is 6.54 Å². The number of carbonyl (C=O) groups excluding carboxylic acids is 1. The van der Waals surface area contributed by atoms with Crippen molar-refractivity contribution in [1.29, 1.82) is 0 Å². The highest BCUT2D eigenvalue weighted by atomic mass is 16.2. The molecule has 0 fully saturated rings. The average molecular weight is 270 g/mol. The number of rotatable bonds is 3. The number of hydrogen-bond acceptors (Lipinski definition) is 3. The molecule has 0 radical (unpaired) electrons. The number of nitrogens with zero attached hydrogens (tertiary/aromatic N) is 4. The Balaban J connectivity index is 1.83. The molecule has 0 atom stereocenters. The molecule has 0 saturated carbocycles. The van der Waals surface area contributed by atoms with E-state index in [1.54, 1.807) is 6.33 Å². The van der Waals surface area contributed by atoms with Gasteiger partial charge < -0.3 is 4.90 Å². The fraction of sp³-hybridized carbons (Fsp3) is 0.400. The smallest absolute Gasteiger partial charge is 0.254 e. The van der Waals surface area contributed by atoms with Crippen LogP contribution in [0.15, 0.2) is 30.6 Å². The van der Waals surface area contributed by atoms with Gasteiger partial charge in [0.1, 0.15) is 12.2 Å². The van der Waals surface area contributed by atoms with Crippen molar-refractivity contribution in [2.45, 2.75) is 32.9 Å².